The fourth-order valence-electron chi connectivity index (χ4n) is 2.20. The minimum Gasteiger partial charge on any atom is -0.374 e. The van der Waals surface area contributed by atoms with Crippen LogP contribution in [-0.4, -0.2) is 41.6 Å². The highest BCUT2D eigenvalue weighted by Crippen LogP contribution is 2.33. The molecule has 1 aromatic rings. The van der Waals surface area contributed by atoms with E-state index in [2.05, 4.69) is 23.9 Å². The summed E-state index contributed by atoms with van der Waals surface area (Å²) >= 11 is 0. The van der Waals surface area contributed by atoms with Crippen molar-refractivity contribution in [2.75, 3.05) is 13.7 Å². The van der Waals surface area contributed by atoms with Crippen molar-refractivity contribution >= 4 is 18.9 Å². The Bertz CT molecular complexity index is 561. The maximum atomic E-state index is 11.8. The Hall–Kier alpha value is -0.620. The summed E-state index contributed by atoms with van der Waals surface area (Å²) in [4.78, 5) is 25.1. The molecule has 0 aliphatic carbocycles. The SMILES string of the molecule is COC1C(OP)[C@@H](COP)O[C@H]1n1ccc(=O)[nH]c1=O. The van der Waals surface area contributed by atoms with E-state index >= 15 is 0 Å². The summed E-state index contributed by atoms with van der Waals surface area (Å²) in [5, 5.41) is 0. The third-order valence-electron chi connectivity index (χ3n) is 3.10. The smallest absolute Gasteiger partial charge is 0.330 e. The van der Waals surface area contributed by atoms with Crippen LogP contribution in [0.3, 0.4) is 0 Å². The Kier molecular flexibility index (Phi) is 5.43. The summed E-state index contributed by atoms with van der Waals surface area (Å²) in [6, 6.07) is 1.24. The van der Waals surface area contributed by atoms with Crippen molar-refractivity contribution in [2.24, 2.45) is 0 Å². The normalized spacial score (nSPS) is 29.8. The molecule has 0 bridgehead atoms. The molecule has 4 unspecified atom stereocenters. The van der Waals surface area contributed by atoms with Gasteiger partial charge in [-0.3, -0.25) is 14.3 Å². The fourth-order valence-corrected chi connectivity index (χ4v) is 2.72. The molecule has 1 aliphatic heterocycles. The Morgan fingerprint density at radius 1 is 1.40 bits per heavy atom. The van der Waals surface area contributed by atoms with Crippen molar-refractivity contribution in [3.8, 4) is 0 Å². The van der Waals surface area contributed by atoms with Gasteiger partial charge in [-0.15, -0.1) is 0 Å². The van der Waals surface area contributed by atoms with E-state index in [4.69, 9.17) is 18.5 Å². The van der Waals surface area contributed by atoms with Gasteiger partial charge in [0.05, 0.1) is 6.61 Å². The molecule has 1 aromatic heterocycles. The van der Waals surface area contributed by atoms with Gasteiger partial charge in [0, 0.05) is 38.3 Å². The van der Waals surface area contributed by atoms with Gasteiger partial charge >= 0.3 is 5.69 Å². The van der Waals surface area contributed by atoms with Crippen molar-refractivity contribution in [1.29, 1.82) is 0 Å². The minimum atomic E-state index is -0.708. The molecule has 1 fully saturated rings. The highest BCUT2D eigenvalue weighted by atomic mass is 31.0. The second-order valence-electron chi connectivity index (χ2n) is 4.22. The van der Waals surface area contributed by atoms with Crippen molar-refractivity contribution < 1.29 is 18.5 Å². The Morgan fingerprint density at radius 2 is 2.15 bits per heavy atom. The lowest BCUT2D eigenvalue weighted by Gasteiger charge is -2.21. The zero-order valence-corrected chi connectivity index (χ0v) is 13.0. The minimum absolute atomic E-state index is 0.262. The maximum Gasteiger partial charge on any atom is 0.330 e. The zero-order chi connectivity index (χ0) is 14.7. The molecule has 0 saturated carbocycles. The molecule has 0 spiro atoms. The Morgan fingerprint density at radius 3 is 2.70 bits per heavy atom. The van der Waals surface area contributed by atoms with E-state index in [-0.39, 0.29) is 6.61 Å². The maximum absolute atomic E-state index is 11.8. The first-order chi connectivity index (χ1) is 9.62. The molecule has 8 nitrogen and oxygen atoms in total. The molecule has 1 N–H and O–H groups in total. The lowest BCUT2D eigenvalue weighted by atomic mass is 10.1. The van der Waals surface area contributed by atoms with Gasteiger partial charge in [-0.05, 0) is 0 Å². The first-order valence-electron chi connectivity index (χ1n) is 5.79. The van der Waals surface area contributed by atoms with Crippen LogP contribution < -0.4 is 11.2 Å². The summed E-state index contributed by atoms with van der Waals surface area (Å²) in [6.07, 6.45) is -0.684. The molecule has 112 valence electrons. The van der Waals surface area contributed by atoms with Crippen LogP contribution in [0.1, 0.15) is 6.23 Å². The third-order valence-corrected chi connectivity index (χ3v) is 3.61. The van der Waals surface area contributed by atoms with Crippen LogP contribution in [0.4, 0.5) is 0 Å². The first-order valence-corrected chi connectivity index (χ1v) is 6.73. The lowest BCUT2D eigenvalue weighted by molar-refractivity contribution is -0.0592. The van der Waals surface area contributed by atoms with Crippen molar-refractivity contribution in [1.82, 2.24) is 9.55 Å². The number of hydrogen-bond donors (Lipinski definition) is 1. The van der Waals surface area contributed by atoms with Crippen molar-refractivity contribution in [3.63, 3.8) is 0 Å². The number of hydrogen-bond acceptors (Lipinski definition) is 6. The molecule has 2 rings (SSSR count). The predicted molar refractivity (Wildman–Crippen MR) is 76.3 cm³/mol. The van der Waals surface area contributed by atoms with Crippen LogP contribution in [0, 0.1) is 0 Å². The van der Waals surface area contributed by atoms with E-state index < -0.39 is 35.8 Å². The Balaban J connectivity index is 2.35. The second-order valence-corrected chi connectivity index (χ2v) is 4.82. The van der Waals surface area contributed by atoms with Gasteiger partial charge in [0.2, 0.25) is 0 Å². The average Bonchev–Trinajstić information content (AvgIpc) is 2.76. The number of ether oxygens (including phenoxy) is 2. The van der Waals surface area contributed by atoms with Gasteiger partial charge in [-0.1, -0.05) is 0 Å². The van der Waals surface area contributed by atoms with E-state index in [0.717, 1.165) is 0 Å². The van der Waals surface area contributed by atoms with Crippen LogP contribution >= 0.6 is 18.9 Å². The van der Waals surface area contributed by atoms with E-state index in [9.17, 15) is 9.59 Å². The van der Waals surface area contributed by atoms with Crippen LogP contribution in [0.2, 0.25) is 0 Å². The third kappa shape index (κ3) is 3.01. The fraction of sp³-hybridized carbons (Fsp3) is 0.600. The monoisotopic (exact) mass is 322 g/mol. The zero-order valence-electron chi connectivity index (χ0n) is 10.7. The van der Waals surface area contributed by atoms with Crippen molar-refractivity contribution in [2.45, 2.75) is 24.5 Å². The number of H-pyrrole nitrogens is 1. The van der Waals surface area contributed by atoms with E-state index in [1.54, 1.807) is 0 Å². The van der Waals surface area contributed by atoms with Crippen LogP contribution in [0.15, 0.2) is 21.9 Å². The number of aromatic amines is 1. The lowest BCUT2D eigenvalue weighted by Crippen LogP contribution is -2.39. The molecule has 0 aromatic carbocycles. The van der Waals surface area contributed by atoms with Gasteiger partial charge in [0.1, 0.15) is 18.3 Å². The molecule has 20 heavy (non-hydrogen) atoms. The number of rotatable bonds is 5. The molecular weight excluding hydrogens is 306 g/mol. The van der Waals surface area contributed by atoms with Crippen LogP contribution in [-0.2, 0) is 18.5 Å². The summed E-state index contributed by atoms with van der Waals surface area (Å²) in [5.41, 5.74) is -1.04. The largest absolute Gasteiger partial charge is 0.374 e. The van der Waals surface area contributed by atoms with Crippen molar-refractivity contribution in [3.05, 3.63) is 33.1 Å². The number of nitrogens with zero attached hydrogens (tertiary/aromatic N) is 1. The van der Waals surface area contributed by atoms with E-state index in [0.29, 0.717) is 0 Å². The summed E-state index contributed by atoms with van der Waals surface area (Å²) in [7, 11) is 5.78. The van der Waals surface area contributed by atoms with Gasteiger partial charge in [-0.25, -0.2) is 4.79 Å². The molecule has 1 aliphatic rings. The van der Waals surface area contributed by atoms with Gasteiger partial charge in [0.25, 0.3) is 5.56 Å². The topological polar surface area (TPSA) is 91.8 Å². The second kappa shape index (κ2) is 6.89. The highest BCUT2D eigenvalue weighted by Gasteiger charge is 2.46. The first kappa shape index (κ1) is 15.8. The van der Waals surface area contributed by atoms with E-state index in [1.807, 2.05) is 0 Å². The molecule has 10 heteroatoms. The number of aromatic nitrogens is 2. The van der Waals surface area contributed by atoms with Gasteiger partial charge in [-0.2, -0.15) is 0 Å². The number of nitrogens with one attached hydrogen (secondary N) is 1. The highest BCUT2D eigenvalue weighted by molar-refractivity contribution is 7.10. The predicted octanol–water partition coefficient (Wildman–Crippen LogP) is -0.569. The summed E-state index contributed by atoms with van der Waals surface area (Å²) in [5.74, 6) is 0. The molecule has 1 saturated heterocycles. The molecule has 0 radical (unpaired) electrons. The Labute approximate surface area is 119 Å². The molecule has 2 heterocycles. The van der Waals surface area contributed by atoms with E-state index in [1.165, 1.54) is 23.9 Å². The number of methoxy groups -OCH3 is 1. The van der Waals surface area contributed by atoms with Crippen LogP contribution in [0.5, 0.6) is 0 Å². The van der Waals surface area contributed by atoms with Gasteiger partial charge in [0.15, 0.2) is 6.23 Å². The van der Waals surface area contributed by atoms with Crippen LogP contribution in [0.25, 0.3) is 0 Å². The van der Waals surface area contributed by atoms with Gasteiger partial charge < -0.3 is 18.5 Å². The summed E-state index contributed by atoms with van der Waals surface area (Å²) in [6.45, 7) is 0.262. The molecule has 0 amide bonds. The quantitative estimate of drug-likeness (QED) is 0.730. The molecule has 6 atom stereocenters. The summed E-state index contributed by atoms with van der Waals surface area (Å²) < 4.78 is 22.7. The standard InChI is InChI=1S/C10H16N2O6P2/c1-15-8-7(18-20)5(4-16-19)17-9(8)12-3-2-6(13)11-10(12)14/h2-3,5,7-9H,4,19-20H2,1H3,(H,11,13,14)/t5-,7?,8?,9-/m1/s1. The molecular formula is C10H16N2O6P2. The average molecular weight is 322 g/mol.